The monoisotopic (exact) mass is 505 g/mol. The maximum absolute atomic E-state index is 13.4. The molecule has 0 unspecified atom stereocenters. The first-order valence-electron chi connectivity index (χ1n) is 10.4. The van der Waals surface area contributed by atoms with Gasteiger partial charge in [-0.1, -0.05) is 25.1 Å². The molecule has 1 aliphatic heterocycles. The van der Waals surface area contributed by atoms with Crippen molar-refractivity contribution in [3.05, 3.63) is 35.4 Å². The van der Waals surface area contributed by atoms with Crippen molar-refractivity contribution in [2.45, 2.75) is 63.7 Å². The number of hydrogen-bond acceptors (Lipinski definition) is 9. The van der Waals surface area contributed by atoms with Crippen LogP contribution in [0.2, 0.25) is 0 Å². The lowest BCUT2D eigenvalue weighted by Crippen LogP contribution is -2.60. The highest BCUT2D eigenvalue weighted by molar-refractivity contribution is 7.99. The van der Waals surface area contributed by atoms with E-state index in [4.69, 9.17) is 18.9 Å². The first kappa shape index (κ1) is 27.6. The van der Waals surface area contributed by atoms with Crippen molar-refractivity contribution >= 4 is 35.9 Å². The van der Waals surface area contributed by atoms with Crippen LogP contribution in [0.15, 0.2) is 29.3 Å². The van der Waals surface area contributed by atoms with Crippen molar-refractivity contribution in [3.8, 4) is 0 Å². The topological polar surface area (TPSA) is 100 Å². The Balaban J connectivity index is 2.51. The summed E-state index contributed by atoms with van der Waals surface area (Å²) in [6, 6.07) is 3.86. The Morgan fingerprint density at radius 2 is 1.68 bits per heavy atom. The first-order chi connectivity index (χ1) is 15.9. The molecule has 0 N–H and O–H groups in total. The Morgan fingerprint density at radius 1 is 1.06 bits per heavy atom. The van der Waals surface area contributed by atoms with Crippen LogP contribution in [0.3, 0.4) is 0 Å². The summed E-state index contributed by atoms with van der Waals surface area (Å²) in [4.78, 5) is 39.3. The predicted molar refractivity (Wildman–Crippen MR) is 117 cm³/mol. The molecule has 2 rings (SSSR count). The number of benzene rings is 1. The van der Waals surface area contributed by atoms with Gasteiger partial charge in [-0.25, -0.2) is 0 Å². The summed E-state index contributed by atoms with van der Waals surface area (Å²) < 4.78 is 62.0. The average Bonchev–Trinajstić information content (AvgIpc) is 2.72. The van der Waals surface area contributed by atoms with Gasteiger partial charge < -0.3 is 18.9 Å². The van der Waals surface area contributed by atoms with E-state index in [2.05, 4.69) is 4.99 Å². The van der Waals surface area contributed by atoms with Gasteiger partial charge in [-0.2, -0.15) is 13.2 Å². The van der Waals surface area contributed by atoms with Crippen LogP contribution in [0, 0.1) is 0 Å². The van der Waals surface area contributed by atoms with E-state index in [-0.39, 0.29) is 12.2 Å². The Kier molecular flexibility index (Phi) is 9.92. The summed E-state index contributed by atoms with van der Waals surface area (Å²) in [6.45, 7) is 5.01. The van der Waals surface area contributed by atoms with Gasteiger partial charge in [0.1, 0.15) is 24.2 Å². The van der Waals surface area contributed by atoms with E-state index in [1.165, 1.54) is 36.9 Å². The van der Waals surface area contributed by atoms with E-state index in [9.17, 15) is 27.6 Å². The van der Waals surface area contributed by atoms with Crippen LogP contribution < -0.4 is 0 Å². The van der Waals surface area contributed by atoms with Crippen LogP contribution >= 0.6 is 11.8 Å². The van der Waals surface area contributed by atoms with Crippen LogP contribution in [-0.4, -0.2) is 66.3 Å². The Bertz CT molecular complexity index is 909. The van der Waals surface area contributed by atoms with Gasteiger partial charge in [0, 0.05) is 32.5 Å². The molecule has 1 aromatic rings. The number of nitrogens with zero attached hydrogens (tertiary/aromatic N) is 1. The third-order valence-corrected chi connectivity index (χ3v) is 5.70. The average molecular weight is 506 g/mol. The lowest BCUT2D eigenvalue weighted by atomic mass is 9.97. The normalized spacial score (nSPS) is 25.1. The Morgan fingerprint density at radius 3 is 2.24 bits per heavy atom. The van der Waals surface area contributed by atoms with Gasteiger partial charge in [-0.3, -0.25) is 19.4 Å². The van der Waals surface area contributed by atoms with Crippen molar-refractivity contribution in [1.29, 1.82) is 0 Å². The van der Waals surface area contributed by atoms with Crippen LogP contribution in [0.5, 0.6) is 0 Å². The van der Waals surface area contributed by atoms with Gasteiger partial charge in [0.05, 0.1) is 5.56 Å². The molecule has 1 saturated heterocycles. The minimum atomic E-state index is -4.60. The number of aliphatic imine (C=N–C) groups is 1. The standard InChI is InChI=1S/C22H26F3NO7S/c1-5-34-21-18(26-10-15-8-6-7-9-16(15)22(23,24)25)20(32-14(4)29)19(31-13(3)28)17(33-21)11-30-12(2)27/h6-10,17-21H,5,11H2,1-4H3/t17-,18-,19-,20-,21-/m1/s1. The number of thioether (sulfide) groups is 1. The highest BCUT2D eigenvalue weighted by Gasteiger charge is 2.50. The third-order valence-electron chi connectivity index (χ3n) is 4.65. The zero-order valence-corrected chi connectivity index (χ0v) is 19.9. The Labute approximate surface area is 199 Å². The lowest BCUT2D eigenvalue weighted by molar-refractivity contribution is -0.208. The fraction of sp³-hybridized carbons (Fsp3) is 0.545. The molecule has 0 spiro atoms. The second-order valence-corrected chi connectivity index (χ2v) is 8.68. The van der Waals surface area contributed by atoms with E-state index >= 15 is 0 Å². The van der Waals surface area contributed by atoms with Gasteiger partial charge >= 0.3 is 24.1 Å². The largest absolute Gasteiger partial charge is 0.463 e. The van der Waals surface area contributed by atoms with Crippen LogP contribution in [-0.2, 0) is 39.5 Å². The molecule has 34 heavy (non-hydrogen) atoms. The van der Waals surface area contributed by atoms with Crippen molar-refractivity contribution in [1.82, 2.24) is 0 Å². The maximum Gasteiger partial charge on any atom is 0.417 e. The summed E-state index contributed by atoms with van der Waals surface area (Å²) in [5.41, 5.74) is -1.87. The third kappa shape index (κ3) is 7.73. The van der Waals surface area contributed by atoms with Crippen molar-refractivity contribution < 1.29 is 46.5 Å². The van der Waals surface area contributed by atoms with Crippen LogP contribution in [0.25, 0.3) is 0 Å². The fourth-order valence-corrected chi connectivity index (χ4v) is 4.35. The van der Waals surface area contributed by atoms with Gasteiger partial charge in [-0.15, -0.1) is 11.8 Å². The second kappa shape index (κ2) is 12.2. The molecular formula is C22H26F3NO7S. The number of carbonyl (C=O) groups excluding carboxylic acids is 3. The van der Waals surface area contributed by atoms with E-state index in [1.807, 2.05) is 6.92 Å². The van der Waals surface area contributed by atoms with E-state index in [1.54, 1.807) is 0 Å². The van der Waals surface area contributed by atoms with Gasteiger partial charge in [0.2, 0.25) is 0 Å². The zero-order valence-electron chi connectivity index (χ0n) is 19.0. The molecule has 5 atom stereocenters. The second-order valence-electron chi connectivity index (χ2n) is 7.30. The van der Waals surface area contributed by atoms with Crippen LogP contribution in [0.1, 0.15) is 38.8 Å². The number of ether oxygens (including phenoxy) is 4. The number of esters is 3. The molecule has 0 amide bonds. The minimum absolute atomic E-state index is 0.192. The summed E-state index contributed by atoms with van der Waals surface area (Å²) in [5, 5.41) is 0. The molecule has 1 aromatic carbocycles. The first-order valence-corrected chi connectivity index (χ1v) is 11.4. The number of alkyl halides is 3. The minimum Gasteiger partial charge on any atom is -0.463 e. The molecule has 8 nitrogen and oxygen atoms in total. The summed E-state index contributed by atoms with van der Waals surface area (Å²) in [5.74, 6) is -1.50. The summed E-state index contributed by atoms with van der Waals surface area (Å²) in [6.07, 6.45) is -6.97. The SMILES string of the molecule is CCS[C@H]1O[C@H](COC(C)=O)[C@@H](OC(C)=O)[C@H](OC(C)=O)[C@H]1N=Cc1ccccc1C(F)(F)F. The Hall–Kier alpha value is -2.60. The number of halogens is 3. The molecule has 1 fully saturated rings. The van der Waals surface area contributed by atoms with Gasteiger partial charge in [0.15, 0.2) is 12.2 Å². The summed E-state index contributed by atoms with van der Waals surface area (Å²) >= 11 is 1.26. The number of rotatable bonds is 8. The molecule has 0 aromatic heterocycles. The molecular weight excluding hydrogens is 479 g/mol. The lowest BCUT2D eigenvalue weighted by Gasteiger charge is -2.43. The molecule has 12 heteroatoms. The maximum atomic E-state index is 13.4. The van der Waals surface area contributed by atoms with E-state index in [0.29, 0.717) is 5.75 Å². The molecule has 1 heterocycles. The molecule has 1 aliphatic rings. The smallest absolute Gasteiger partial charge is 0.417 e. The number of carbonyl (C=O) groups is 3. The highest BCUT2D eigenvalue weighted by Crippen LogP contribution is 2.35. The van der Waals surface area contributed by atoms with Crippen LogP contribution in [0.4, 0.5) is 13.2 Å². The van der Waals surface area contributed by atoms with Crippen molar-refractivity contribution in [2.75, 3.05) is 12.4 Å². The molecule has 0 radical (unpaired) electrons. The van der Waals surface area contributed by atoms with Gasteiger partial charge in [-0.05, 0) is 11.8 Å². The van der Waals surface area contributed by atoms with E-state index in [0.717, 1.165) is 26.1 Å². The molecule has 0 aliphatic carbocycles. The molecule has 188 valence electrons. The quantitative estimate of drug-likeness (QED) is 0.301. The zero-order chi connectivity index (χ0) is 25.5. The van der Waals surface area contributed by atoms with Crippen molar-refractivity contribution in [3.63, 3.8) is 0 Å². The number of hydrogen-bond donors (Lipinski definition) is 0. The van der Waals surface area contributed by atoms with E-state index < -0.39 is 59.4 Å². The summed E-state index contributed by atoms with van der Waals surface area (Å²) in [7, 11) is 0. The fourth-order valence-electron chi connectivity index (χ4n) is 3.38. The predicted octanol–water partition coefficient (Wildman–Crippen LogP) is 3.40. The highest BCUT2D eigenvalue weighted by atomic mass is 32.2. The molecule has 0 saturated carbocycles. The van der Waals surface area contributed by atoms with Crippen molar-refractivity contribution in [2.24, 2.45) is 4.99 Å². The molecule has 0 bridgehead atoms. The van der Waals surface area contributed by atoms with Gasteiger partial charge in [0.25, 0.3) is 0 Å².